The van der Waals surface area contributed by atoms with Crippen molar-refractivity contribution < 1.29 is 4.79 Å². The lowest BCUT2D eigenvalue weighted by Crippen LogP contribution is -2.41. The van der Waals surface area contributed by atoms with Gasteiger partial charge in [-0.05, 0) is 19.8 Å². The van der Waals surface area contributed by atoms with Crippen molar-refractivity contribution in [1.29, 1.82) is 0 Å². The summed E-state index contributed by atoms with van der Waals surface area (Å²) in [5.41, 5.74) is 0. The minimum Gasteiger partial charge on any atom is -0.353 e. The van der Waals surface area contributed by atoms with Gasteiger partial charge in [0.2, 0.25) is 5.91 Å². The number of nitrogens with one attached hydrogen (secondary N) is 1. The van der Waals surface area contributed by atoms with Crippen LogP contribution < -0.4 is 5.32 Å². The van der Waals surface area contributed by atoms with Gasteiger partial charge < -0.3 is 5.32 Å². The summed E-state index contributed by atoms with van der Waals surface area (Å²) in [6.45, 7) is 4.02. The summed E-state index contributed by atoms with van der Waals surface area (Å²) in [5.74, 6) is 0.454. The predicted octanol–water partition coefficient (Wildman–Crippen LogP) is 0.921. The highest BCUT2D eigenvalue weighted by molar-refractivity contribution is 5.79. The highest BCUT2D eigenvalue weighted by Gasteiger charge is 2.20. The summed E-state index contributed by atoms with van der Waals surface area (Å²) in [6, 6.07) is 0.397. The van der Waals surface area contributed by atoms with Gasteiger partial charge in [0.25, 0.3) is 0 Å². The lowest BCUT2D eigenvalue weighted by Gasteiger charge is -2.23. The number of rotatable bonds is 0. The fourth-order valence-electron chi connectivity index (χ4n) is 1.09. The van der Waals surface area contributed by atoms with Gasteiger partial charge >= 0.3 is 0 Å². The van der Waals surface area contributed by atoms with Crippen LogP contribution in [0.15, 0.2) is 0 Å². The Morgan fingerprint density at radius 2 is 2.11 bits per heavy atom. The Balaban J connectivity index is 2.44. The standard InChI is InChI=1S/C7H13NO/c1-5-3-4-6(2)8-7(5)9/h5-6H,3-4H2,1-2H3,(H,8,9)/t5-,6+/m0/s1. The minimum atomic E-state index is 0.216. The monoisotopic (exact) mass is 127 g/mol. The van der Waals surface area contributed by atoms with Gasteiger partial charge in [-0.1, -0.05) is 6.92 Å². The molecule has 2 heteroatoms. The summed E-state index contributed by atoms with van der Waals surface area (Å²) in [7, 11) is 0. The highest BCUT2D eigenvalue weighted by atomic mass is 16.2. The minimum absolute atomic E-state index is 0.216. The number of hydrogen-bond donors (Lipinski definition) is 1. The predicted molar refractivity (Wildman–Crippen MR) is 36.0 cm³/mol. The Labute approximate surface area is 55.6 Å². The van der Waals surface area contributed by atoms with Crippen LogP contribution in [0.4, 0.5) is 0 Å². The molecule has 1 N–H and O–H groups in total. The number of carbonyl (C=O) groups excluding carboxylic acids is 1. The third-order valence-electron chi connectivity index (χ3n) is 1.87. The molecule has 0 aliphatic carbocycles. The third-order valence-corrected chi connectivity index (χ3v) is 1.87. The normalized spacial score (nSPS) is 36.0. The molecule has 1 heterocycles. The van der Waals surface area contributed by atoms with Crippen LogP contribution in [-0.4, -0.2) is 11.9 Å². The molecule has 1 rings (SSSR count). The van der Waals surface area contributed by atoms with E-state index >= 15 is 0 Å². The molecule has 9 heavy (non-hydrogen) atoms. The highest BCUT2D eigenvalue weighted by Crippen LogP contribution is 2.13. The maximum Gasteiger partial charge on any atom is 0.223 e. The molecule has 0 radical (unpaired) electrons. The molecule has 0 saturated carbocycles. The van der Waals surface area contributed by atoms with Crippen LogP contribution in [0.3, 0.4) is 0 Å². The maximum atomic E-state index is 10.9. The fourth-order valence-corrected chi connectivity index (χ4v) is 1.09. The number of carbonyl (C=O) groups is 1. The van der Waals surface area contributed by atoms with Crippen LogP contribution in [0.1, 0.15) is 26.7 Å². The van der Waals surface area contributed by atoms with Crippen molar-refractivity contribution in [2.24, 2.45) is 5.92 Å². The third kappa shape index (κ3) is 1.44. The van der Waals surface area contributed by atoms with Gasteiger partial charge in [0.05, 0.1) is 0 Å². The summed E-state index contributed by atoms with van der Waals surface area (Å²) < 4.78 is 0. The van der Waals surface area contributed by atoms with Gasteiger partial charge in [-0.15, -0.1) is 0 Å². The molecule has 1 fully saturated rings. The van der Waals surface area contributed by atoms with E-state index in [-0.39, 0.29) is 11.8 Å². The zero-order valence-corrected chi connectivity index (χ0v) is 5.98. The quantitative estimate of drug-likeness (QED) is 0.515. The van der Waals surface area contributed by atoms with Crippen molar-refractivity contribution >= 4 is 5.91 Å². The fraction of sp³-hybridized carbons (Fsp3) is 0.857. The van der Waals surface area contributed by atoms with Crippen molar-refractivity contribution in [3.05, 3.63) is 0 Å². The summed E-state index contributed by atoms with van der Waals surface area (Å²) >= 11 is 0. The lowest BCUT2D eigenvalue weighted by atomic mass is 9.97. The van der Waals surface area contributed by atoms with Gasteiger partial charge in [-0.25, -0.2) is 0 Å². The van der Waals surface area contributed by atoms with Crippen molar-refractivity contribution in [3.63, 3.8) is 0 Å². The molecule has 0 aromatic rings. The van der Waals surface area contributed by atoms with E-state index in [0.29, 0.717) is 6.04 Å². The second-order valence-corrected chi connectivity index (χ2v) is 2.89. The zero-order chi connectivity index (χ0) is 6.85. The molecule has 2 atom stereocenters. The second-order valence-electron chi connectivity index (χ2n) is 2.89. The Hall–Kier alpha value is -0.530. The summed E-state index contributed by atoms with van der Waals surface area (Å²) in [4.78, 5) is 10.9. The molecule has 0 bridgehead atoms. The average molecular weight is 127 g/mol. The first-order chi connectivity index (χ1) is 4.20. The lowest BCUT2D eigenvalue weighted by molar-refractivity contribution is -0.127. The molecule has 1 amide bonds. The van der Waals surface area contributed by atoms with E-state index in [0.717, 1.165) is 12.8 Å². The van der Waals surface area contributed by atoms with E-state index < -0.39 is 0 Å². The van der Waals surface area contributed by atoms with Gasteiger partial charge in [-0.2, -0.15) is 0 Å². The van der Waals surface area contributed by atoms with Crippen molar-refractivity contribution in [1.82, 2.24) is 5.32 Å². The van der Waals surface area contributed by atoms with Crippen molar-refractivity contribution in [3.8, 4) is 0 Å². The van der Waals surface area contributed by atoms with Crippen LogP contribution >= 0.6 is 0 Å². The molecule has 1 aliphatic rings. The van der Waals surface area contributed by atoms with Crippen LogP contribution in [0.25, 0.3) is 0 Å². The largest absolute Gasteiger partial charge is 0.353 e. The van der Waals surface area contributed by atoms with Gasteiger partial charge in [-0.3, -0.25) is 4.79 Å². The molecule has 2 nitrogen and oxygen atoms in total. The van der Waals surface area contributed by atoms with Crippen LogP contribution in [0.2, 0.25) is 0 Å². The maximum absolute atomic E-state index is 10.9. The topological polar surface area (TPSA) is 29.1 Å². The Bertz CT molecular complexity index is 122. The molecular weight excluding hydrogens is 114 g/mol. The Kier molecular flexibility index (Phi) is 1.74. The Morgan fingerprint density at radius 3 is 2.56 bits per heavy atom. The van der Waals surface area contributed by atoms with Crippen LogP contribution in [-0.2, 0) is 4.79 Å². The van der Waals surface area contributed by atoms with Gasteiger partial charge in [0.15, 0.2) is 0 Å². The molecule has 52 valence electrons. The molecule has 0 unspecified atom stereocenters. The van der Waals surface area contributed by atoms with E-state index in [1.54, 1.807) is 0 Å². The SMILES string of the molecule is C[C@@H]1CC[C@H](C)C(=O)N1. The summed E-state index contributed by atoms with van der Waals surface area (Å²) in [5, 5.41) is 2.89. The zero-order valence-electron chi connectivity index (χ0n) is 5.98. The van der Waals surface area contributed by atoms with E-state index in [2.05, 4.69) is 5.32 Å². The van der Waals surface area contributed by atoms with Gasteiger partial charge in [0, 0.05) is 12.0 Å². The van der Waals surface area contributed by atoms with Crippen LogP contribution in [0, 0.1) is 5.92 Å². The van der Waals surface area contributed by atoms with Crippen LogP contribution in [0.5, 0.6) is 0 Å². The van der Waals surface area contributed by atoms with Gasteiger partial charge in [0.1, 0.15) is 0 Å². The van der Waals surface area contributed by atoms with Crippen molar-refractivity contribution in [2.75, 3.05) is 0 Å². The molecule has 0 aromatic heterocycles. The first-order valence-corrected chi connectivity index (χ1v) is 3.50. The van der Waals surface area contributed by atoms with Crippen molar-refractivity contribution in [2.45, 2.75) is 32.7 Å². The molecule has 1 aliphatic heterocycles. The number of piperidine rings is 1. The molecule has 0 spiro atoms. The molecular formula is C7H13NO. The van der Waals surface area contributed by atoms with E-state index in [1.165, 1.54) is 0 Å². The number of hydrogen-bond acceptors (Lipinski definition) is 1. The second kappa shape index (κ2) is 2.38. The average Bonchev–Trinajstić information content (AvgIpc) is 1.80. The summed E-state index contributed by atoms with van der Waals surface area (Å²) in [6.07, 6.45) is 2.18. The number of amides is 1. The first kappa shape index (κ1) is 6.59. The first-order valence-electron chi connectivity index (χ1n) is 3.50. The van der Waals surface area contributed by atoms with E-state index in [4.69, 9.17) is 0 Å². The van der Waals surface area contributed by atoms with E-state index in [1.807, 2.05) is 13.8 Å². The van der Waals surface area contributed by atoms with E-state index in [9.17, 15) is 4.79 Å². The molecule has 0 aromatic carbocycles. The molecule has 1 saturated heterocycles. The Morgan fingerprint density at radius 1 is 1.44 bits per heavy atom. The smallest absolute Gasteiger partial charge is 0.223 e.